The van der Waals surface area contributed by atoms with Crippen LogP contribution in [-0.4, -0.2) is 29.3 Å². The van der Waals surface area contributed by atoms with Gasteiger partial charge >= 0.3 is 5.97 Å². The van der Waals surface area contributed by atoms with E-state index in [4.69, 9.17) is 5.11 Å². The zero-order chi connectivity index (χ0) is 9.42. The van der Waals surface area contributed by atoms with Gasteiger partial charge in [-0.05, 0) is 6.08 Å². The zero-order valence-electron chi connectivity index (χ0n) is 6.44. The summed E-state index contributed by atoms with van der Waals surface area (Å²) in [6, 6.07) is 0. The number of hydrogen-bond acceptors (Lipinski definition) is 3. The standard InChI is InChI=1S/C8H5FN2O2/c9-6-4-1-2-10-7(4)11-3-5(6)8(12)13/h1-3,6H,(H,12,13)/t6-/m0/s1. The van der Waals surface area contributed by atoms with Crippen LogP contribution in [-0.2, 0) is 4.79 Å². The third-order valence-corrected chi connectivity index (χ3v) is 1.83. The summed E-state index contributed by atoms with van der Waals surface area (Å²) in [5.41, 5.74) is -0.125. The summed E-state index contributed by atoms with van der Waals surface area (Å²) in [4.78, 5) is 18.0. The number of rotatable bonds is 1. The van der Waals surface area contributed by atoms with Crippen molar-refractivity contribution < 1.29 is 14.3 Å². The largest absolute Gasteiger partial charge is 0.478 e. The Morgan fingerprint density at radius 2 is 2.38 bits per heavy atom. The van der Waals surface area contributed by atoms with Crippen LogP contribution < -0.4 is 0 Å². The van der Waals surface area contributed by atoms with Crippen LogP contribution in [0.3, 0.4) is 0 Å². The lowest BCUT2D eigenvalue weighted by atomic mass is 10.0. The van der Waals surface area contributed by atoms with Crippen LogP contribution in [0.4, 0.5) is 4.39 Å². The van der Waals surface area contributed by atoms with Crippen LogP contribution in [0.15, 0.2) is 33.4 Å². The molecule has 2 aliphatic rings. The van der Waals surface area contributed by atoms with Gasteiger partial charge in [0.2, 0.25) is 0 Å². The number of allylic oxidation sites excluding steroid dienone is 1. The average molecular weight is 180 g/mol. The van der Waals surface area contributed by atoms with Gasteiger partial charge in [-0.25, -0.2) is 19.2 Å². The van der Waals surface area contributed by atoms with Gasteiger partial charge in [0.25, 0.3) is 0 Å². The Bertz CT molecular complexity index is 393. The molecule has 1 atom stereocenters. The second-order valence-electron chi connectivity index (χ2n) is 2.61. The molecule has 2 aliphatic heterocycles. The van der Waals surface area contributed by atoms with Crippen molar-refractivity contribution in [2.24, 2.45) is 9.98 Å². The molecular formula is C8H5FN2O2. The fraction of sp³-hybridized carbons (Fsp3) is 0.125. The van der Waals surface area contributed by atoms with Gasteiger partial charge in [0.05, 0.1) is 5.57 Å². The van der Waals surface area contributed by atoms with Crippen LogP contribution in [0, 0.1) is 0 Å². The molecule has 0 radical (unpaired) electrons. The number of amidine groups is 1. The minimum absolute atomic E-state index is 0.222. The van der Waals surface area contributed by atoms with Gasteiger partial charge in [-0.15, -0.1) is 0 Å². The monoisotopic (exact) mass is 180 g/mol. The fourth-order valence-electron chi connectivity index (χ4n) is 1.17. The molecule has 0 aromatic rings. The van der Waals surface area contributed by atoms with Crippen molar-refractivity contribution in [3.8, 4) is 0 Å². The van der Waals surface area contributed by atoms with Gasteiger partial charge in [0.1, 0.15) is 0 Å². The van der Waals surface area contributed by atoms with Crippen molar-refractivity contribution in [1.29, 1.82) is 0 Å². The number of hydrogen-bond donors (Lipinski definition) is 1. The SMILES string of the molecule is O=C(O)C1=CN=C2N=CC=C2[C@@H]1F. The Morgan fingerprint density at radius 3 is 3.08 bits per heavy atom. The summed E-state index contributed by atoms with van der Waals surface area (Å²) in [5.74, 6) is -1.03. The predicted molar refractivity (Wildman–Crippen MR) is 44.6 cm³/mol. The van der Waals surface area contributed by atoms with Crippen molar-refractivity contribution in [2.45, 2.75) is 6.17 Å². The summed E-state index contributed by atoms with van der Waals surface area (Å²) >= 11 is 0. The normalized spacial score (nSPS) is 24.7. The Balaban J connectivity index is 2.43. The maximum Gasteiger partial charge on any atom is 0.336 e. The van der Waals surface area contributed by atoms with E-state index < -0.39 is 12.1 Å². The van der Waals surface area contributed by atoms with E-state index in [9.17, 15) is 9.18 Å². The minimum Gasteiger partial charge on any atom is -0.478 e. The molecule has 0 amide bonds. The van der Waals surface area contributed by atoms with E-state index in [2.05, 4.69) is 9.98 Å². The van der Waals surface area contributed by atoms with E-state index in [1.54, 1.807) is 0 Å². The first kappa shape index (κ1) is 7.85. The topological polar surface area (TPSA) is 62.0 Å². The van der Waals surface area contributed by atoms with Gasteiger partial charge in [-0.3, -0.25) is 0 Å². The lowest BCUT2D eigenvalue weighted by Gasteiger charge is -2.13. The number of aliphatic imine (C=N–C) groups is 2. The van der Waals surface area contributed by atoms with Crippen LogP contribution in [0.1, 0.15) is 0 Å². The molecule has 0 unspecified atom stereocenters. The molecule has 0 saturated heterocycles. The van der Waals surface area contributed by atoms with Gasteiger partial charge in [0.15, 0.2) is 12.0 Å². The average Bonchev–Trinajstić information content (AvgIpc) is 2.52. The maximum atomic E-state index is 13.4. The fourth-order valence-corrected chi connectivity index (χ4v) is 1.17. The van der Waals surface area contributed by atoms with Gasteiger partial charge in [-0.2, -0.15) is 0 Å². The van der Waals surface area contributed by atoms with Gasteiger partial charge in [0, 0.05) is 18.0 Å². The quantitative estimate of drug-likeness (QED) is 0.646. The molecule has 5 heteroatoms. The lowest BCUT2D eigenvalue weighted by Crippen LogP contribution is -2.21. The van der Waals surface area contributed by atoms with Crippen molar-refractivity contribution in [3.63, 3.8) is 0 Å². The van der Waals surface area contributed by atoms with Crippen molar-refractivity contribution >= 4 is 18.0 Å². The highest BCUT2D eigenvalue weighted by Gasteiger charge is 2.31. The highest BCUT2D eigenvalue weighted by molar-refractivity contribution is 6.14. The van der Waals surface area contributed by atoms with Crippen LogP contribution in [0.25, 0.3) is 0 Å². The van der Waals surface area contributed by atoms with E-state index in [-0.39, 0.29) is 17.0 Å². The number of fused-ring (bicyclic) bond motifs is 1. The van der Waals surface area contributed by atoms with Crippen LogP contribution in [0.2, 0.25) is 0 Å². The highest BCUT2D eigenvalue weighted by Crippen LogP contribution is 2.24. The smallest absolute Gasteiger partial charge is 0.336 e. The predicted octanol–water partition coefficient (Wildman–Crippen LogP) is 0.716. The first-order valence-corrected chi connectivity index (χ1v) is 3.60. The summed E-state index contributed by atoms with van der Waals surface area (Å²) in [5, 5.41) is 8.58. The van der Waals surface area contributed by atoms with Crippen LogP contribution in [0.5, 0.6) is 0 Å². The first-order chi connectivity index (χ1) is 6.20. The summed E-state index contributed by atoms with van der Waals surface area (Å²) in [6.45, 7) is 0. The summed E-state index contributed by atoms with van der Waals surface area (Å²) < 4.78 is 13.4. The molecule has 0 aliphatic carbocycles. The van der Waals surface area contributed by atoms with Crippen molar-refractivity contribution in [1.82, 2.24) is 0 Å². The van der Waals surface area contributed by atoms with E-state index in [0.29, 0.717) is 0 Å². The van der Waals surface area contributed by atoms with Gasteiger partial charge in [-0.1, -0.05) is 0 Å². The lowest BCUT2D eigenvalue weighted by molar-refractivity contribution is -0.133. The molecular weight excluding hydrogens is 175 g/mol. The van der Waals surface area contributed by atoms with Gasteiger partial charge < -0.3 is 5.11 Å². The molecule has 1 N–H and O–H groups in total. The summed E-state index contributed by atoms with van der Waals surface area (Å²) in [6.07, 6.45) is 2.22. The Hall–Kier alpha value is -1.78. The molecule has 2 heterocycles. The second-order valence-corrected chi connectivity index (χ2v) is 2.61. The number of halogens is 1. The number of alkyl halides is 1. The van der Waals surface area contributed by atoms with E-state index in [1.165, 1.54) is 12.3 Å². The molecule has 2 rings (SSSR count). The molecule has 0 bridgehead atoms. The Morgan fingerprint density at radius 1 is 1.62 bits per heavy atom. The van der Waals surface area contributed by atoms with E-state index in [0.717, 1.165) is 6.20 Å². The number of aliphatic carboxylic acids is 1. The molecule has 0 fully saturated rings. The molecule has 0 aromatic carbocycles. The Labute approximate surface area is 72.8 Å². The molecule has 4 nitrogen and oxygen atoms in total. The van der Waals surface area contributed by atoms with Crippen LogP contribution >= 0.6 is 0 Å². The number of nitrogens with zero attached hydrogens (tertiary/aromatic N) is 2. The number of carbonyl (C=O) groups is 1. The zero-order valence-corrected chi connectivity index (χ0v) is 6.44. The summed E-state index contributed by atoms with van der Waals surface area (Å²) in [7, 11) is 0. The maximum absolute atomic E-state index is 13.4. The van der Waals surface area contributed by atoms with Crippen molar-refractivity contribution in [2.75, 3.05) is 0 Å². The van der Waals surface area contributed by atoms with Crippen molar-refractivity contribution in [3.05, 3.63) is 23.4 Å². The molecule has 66 valence electrons. The third kappa shape index (κ3) is 1.09. The third-order valence-electron chi connectivity index (χ3n) is 1.83. The Kier molecular flexibility index (Phi) is 1.58. The number of carboxylic acids is 1. The molecule has 13 heavy (non-hydrogen) atoms. The molecule has 0 aromatic heterocycles. The molecule has 0 spiro atoms. The molecule has 0 saturated carbocycles. The highest BCUT2D eigenvalue weighted by atomic mass is 19.1. The second kappa shape index (κ2) is 2.62. The number of carboxylic acid groups (broad SMARTS) is 1. The minimum atomic E-state index is -1.62. The van der Waals surface area contributed by atoms with E-state index in [1.807, 2.05) is 0 Å². The van der Waals surface area contributed by atoms with E-state index >= 15 is 0 Å². The first-order valence-electron chi connectivity index (χ1n) is 3.60.